The minimum atomic E-state index is -4.62. The molecule has 0 amide bonds. The zero-order valence-electron chi connectivity index (χ0n) is 35.4. The molecule has 2 fully saturated rings. The molecule has 0 saturated heterocycles. The van der Waals surface area contributed by atoms with Crippen LogP contribution in [0.2, 0.25) is 0 Å². The van der Waals surface area contributed by atoms with Gasteiger partial charge in [0.25, 0.3) is 0 Å². The Hall–Kier alpha value is -6.14. The quantitative estimate of drug-likeness (QED) is 0.103. The summed E-state index contributed by atoms with van der Waals surface area (Å²) >= 11 is 0. The molecule has 2 atom stereocenters. The number of hydrogen-bond donors (Lipinski definition) is 1. The van der Waals surface area contributed by atoms with Crippen molar-refractivity contribution in [1.29, 1.82) is 0 Å². The van der Waals surface area contributed by atoms with Gasteiger partial charge >= 0.3 is 12.4 Å². The molecule has 9 rings (SSSR count). The van der Waals surface area contributed by atoms with Crippen LogP contribution in [-0.2, 0) is 49.6 Å². The van der Waals surface area contributed by atoms with Crippen LogP contribution in [-0.4, -0.2) is 44.2 Å². The van der Waals surface area contributed by atoms with Crippen LogP contribution in [0.25, 0.3) is 11.4 Å². The smallest absolute Gasteiger partial charge is 0.389 e. The Kier molecular flexibility index (Phi) is 13.1. The summed E-state index contributed by atoms with van der Waals surface area (Å²) in [5.74, 6) is 0.156. The molecule has 4 aromatic heterocycles. The highest BCUT2D eigenvalue weighted by atomic mass is 19.4. The Morgan fingerprint density at radius 3 is 1.54 bits per heavy atom. The summed E-state index contributed by atoms with van der Waals surface area (Å²) in [5.41, 5.74) is 2.14. The molecular formula is C47H46F8N8O2. The van der Waals surface area contributed by atoms with Crippen molar-refractivity contribution < 1.29 is 45.0 Å². The summed E-state index contributed by atoms with van der Waals surface area (Å²) in [7, 11) is 0. The highest BCUT2D eigenvalue weighted by Gasteiger charge is 2.37. The summed E-state index contributed by atoms with van der Waals surface area (Å²) in [6.45, 7) is 5.06. The predicted molar refractivity (Wildman–Crippen MR) is 223 cm³/mol. The van der Waals surface area contributed by atoms with Crippen LogP contribution >= 0.6 is 0 Å². The predicted octanol–water partition coefficient (Wildman–Crippen LogP) is 10.8. The SMILES string of the molecule is C[C@@H](O)c1cc(F)ccc1-n1nc(C(F)(F)F)cc1Cc1cnn(CC2CC2)c1.C[C@@H](OCc1ccccc1)c1cc(F)ccc1-n1nc(C(F)(F)F)cc1Cc1cnn(CC2CC2)c1. The first-order valence-corrected chi connectivity index (χ1v) is 21.2. The molecule has 1 N–H and O–H groups in total. The molecule has 0 bridgehead atoms. The van der Waals surface area contributed by atoms with Gasteiger partial charge in [0, 0.05) is 60.8 Å². The third-order valence-corrected chi connectivity index (χ3v) is 11.2. The lowest BCUT2D eigenvalue weighted by atomic mass is 10.1. The Morgan fingerprint density at radius 2 is 1.09 bits per heavy atom. The molecule has 10 nitrogen and oxygen atoms in total. The van der Waals surface area contributed by atoms with E-state index in [0.29, 0.717) is 28.8 Å². The van der Waals surface area contributed by atoms with Crippen LogP contribution in [0.3, 0.4) is 0 Å². The van der Waals surface area contributed by atoms with Crippen molar-refractivity contribution in [3.05, 3.63) is 166 Å². The molecule has 18 heteroatoms. The van der Waals surface area contributed by atoms with E-state index in [1.54, 1.807) is 24.0 Å². The highest BCUT2D eigenvalue weighted by Crippen LogP contribution is 2.36. The third-order valence-electron chi connectivity index (χ3n) is 11.2. The van der Waals surface area contributed by atoms with Gasteiger partial charge in [-0.25, -0.2) is 18.1 Å². The van der Waals surface area contributed by atoms with Crippen molar-refractivity contribution in [2.24, 2.45) is 11.8 Å². The van der Waals surface area contributed by atoms with Crippen LogP contribution in [0.15, 0.2) is 104 Å². The van der Waals surface area contributed by atoms with Gasteiger partial charge in [-0.05, 0) is 117 Å². The fourth-order valence-electron chi connectivity index (χ4n) is 7.51. The number of halogens is 8. The first-order valence-electron chi connectivity index (χ1n) is 21.2. The van der Waals surface area contributed by atoms with Gasteiger partial charge < -0.3 is 9.84 Å². The molecule has 7 aromatic rings. The second kappa shape index (κ2) is 18.8. The van der Waals surface area contributed by atoms with Gasteiger partial charge in [0.05, 0.1) is 42.6 Å². The van der Waals surface area contributed by atoms with Crippen LogP contribution in [0.5, 0.6) is 0 Å². The lowest BCUT2D eigenvalue weighted by Gasteiger charge is -2.19. The number of hydrogen-bond acceptors (Lipinski definition) is 6. The van der Waals surface area contributed by atoms with Crippen molar-refractivity contribution in [3.8, 4) is 11.4 Å². The zero-order valence-corrected chi connectivity index (χ0v) is 35.4. The number of aromatic nitrogens is 8. The summed E-state index contributed by atoms with van der Waals surface area (Å²) in [6, 6.07) is 19.0. The van der Waals surface area contributed by atoms with Crippen LogP contribution in [0, 0.1) is 23.5 Å². The molecule has 0 spiro atoms. The Bertz CT molecular complexity index is 2710. The van der Waals surface area contributed by atoms with E-state index in [1.165, 1.54) is 61.6 Å². The number of alkyl halides is 6. The average Bonchev–Trinajstić information content (AvgIpc) is 4.02. The van der Waals surface area contributed by atoms with E-state index in [1.807, 2.05) is 47.4 Å². The van der Waals surface area contributed by atoms with Crippen molar-refractivity contribution in [1.82, 2.24) is 39.1 Å². The number of benzene rings is 3. The zero-order chi connectivity index (χ0) is 46.0. The molecule has 0 aliphatic heterocycles. The second-order valence-corrected chi connectivity index (χ2v) is 16.8. The molecule has 2 aliphatic carbocycles. The molecule has 3 aromatic carbocycles. The minimum Gasteiger partial charge on any atom is -0.389 e. The van der Waals surface area contributed by atoms with Crippen LogP contribution < -0.4 is 0 Å². The molecule has 2 saturated carbocycles. The van der Waals surface area contributed by atoms with E-state index < -0.39 is 47.6 Å². The topological polar surface area (TPSA) is 101 Å². The van der Waals surface area contributed by atoms with Crippen molar-refractivity contribution in [3.63, 3.8) is 0 Å². The Morgan fingerprint density at radius 1 is 0.631 bits per heavy atom. The maximum atomic E-state index is 14.3. The Labute approximate surface area is 369 Å². The summed E-state index contributed by atoms with van der Waals surface area (Å²) < 4.78 is 121. The maximum absolute atomic E-state index is 14.3. The van der Waals surface area contributed by atoms with Crippen molar-refractivity contribution in [2.75, 3.05) is 0 Å². The third kappa shape index (κ3) is 11.6. The van der Waals surface area contributed by atoms with Gasteiger partial charge in [0.15, 0.2) is 11.4 Å². The number of aliphatic hydroxyl groups excluding tert-OH is 1. The van der Waals surface area contributed by atoms with Crippen LogP contribution in [0.1, 0.15) is 102 Å². The van der Waals surface area contributed by atoms with Gasteiger partial charge in [0.2, 0.25) is 0 Å². The molecule has 2 aliphatic rings. The molecule has 65 heavy (non-hydrogen) atoms. The second-order valence-electron chi connectivity index (χ2n) is 16.8. The van der Waals surface area contributed by atoms with E-state index >= 15 is 0 Å². The maximum Gasteiger partial charge on any atom is 0.435 e. The normalized spacial score (nSPS) is 15.2. The summed E-state index contributed by atoms with van der Waals surface area (Å²) in [6.07, 6.45) is 1.13. The number of aliphatic hydroxyl groups is 1. The first-order chi connectivity index (χ1) is 31.0. The van der Waals surface area contributed by atoms with Gasteiger partial charge in [-0.3, -0.25) is 9.36 Å². The van der Waals surface area contributed by atoms with E-state index in [9.17, 15) is 40.2 Å². The molecule has 0 unspecified atom stereocenters. The highest BCUT2D eigenvalue weighted by molar-refractivity contribution is 5.46. The largest absolute Gasteiger partial charge is 0.435 e. The number of rotatable bonds is 15. The van der Waals surface area contributed by atoms with E-state index in [-0.39, 0.29) is 36.4 Å². The van der Waals surface area contributed by atoms with Crippen LogP contribution in [0.4, 0.5) is 35.1 Å². The van der Waals surface area contributed by atoms with Gasteiger partial charge in [0.1, 0.15) is 11.6 Å². The summed E-state index contributed by atoms with van der Waals surface area (Å²) in [4.78, 5) is 0. The monoisotopic (exact) mass is 906 g/mol. The number of nitrogens with zero attached hydrogens (tertiary/aromatic N) is 8. The van der Waals surface area contributed by atoms with E-state index in [2.05, 4.69) is 20.4 Å². The van der Waals surface area contributed by atoms with Gasteiger partial charge in [-0.2, -0.15) is 46.7 Å². The van der Waals surface area contributed by atoms with Crippen molar-refractivity contribution in [2.45, 2.75) is 96.6 Å². The molecule has 4 heterocycles. The van der Waals surface area contributed by atoms with E-state index in [4.69, 9.17) is 4.74 Å². The molecular weight excluding hydrogens is 861 g/mol. The Balaban J connectivity index is 0.000000181. The fraction of sp³-hybridized carbons (Fsp3) is 0.362. The minimum absolute atomic E-state index is 0.160. The summed E-state index contributed by atoms with van der Waals surface area (Å²) in [5, 5.41) is 26.2. The molecule has 0 radical (unpaired) electrons. The standard InChI is InChI=1S/C27H26F4N4O.C20H20F4N4O/c1-18(36-17-20-5-3-2-4-6-20)24-12-22(28)9-10-25(24)35-23(13-26(33-35)27(29,30)31)11-21-14-32-34(16-21)15-19-7-8-19;1-12(29)17-7-15(21)4-5-18(17)28-16(8-19(26-28)20(22,23)24)6-14-9-25-27(11-14)10-13-2-3-13/h2-6,9-10,12-14,16,18-19H,7-8,11,15,17H2,1H3;4-5,7-9,11-13,29H,2-3,6,10H2,1H3/t18-;12-/m11/s1. The first kappa shape index (κ1) is 45.4. The van der Waals surface area contributed by atoms with Gasteiger partial charge in [-0.15, -0.1) is 0 Å². The average molecular weight is 907 g/mol. The fourth-order valence-corrected chi connectivity index (χ4v) is 7.51. The lowest BCUT2D eigenvalue weighted by molar-refractivity contribution is -0.142. The van der Waals surface area contributed by atoms with Gasteiger partial charge in [-0.1, -0.05) is 30.3 Å². The molecule has 342 valence electrons. The lowest BCUT2D eigenvalue weighted by Crippen LogP contribution is -2.12. The van der Waals surface area contributed by atoms with Crippen molar-refractivity contribution >= 4 is 0 Å². The van der Waals surface area contributed by atoms with E-state index in [0.717, 1.165) is 58.7 Å². The number of ether oxygens (including phenoxy) is 1.